The highest BCUT2D eigenvalue weighted by atomic mass is 16.3. The van der Waals surface area contributed by atoms with Crippen molar-refractivity contribution in [3.8, 4) is 0 Å². The molecule has 1 atom stereocenters. The lowest BCUT2D eigenvalue weighted by Crippen LogP contribution is -2.55. The molecule has 140 valence electrons. The Hall–Kier alpha value is -1.59. The number of guanidine groups is 1. The van der Waals surface area contributed by atoms with Crippen molar-refractivity contribution in [2.24, 2.45) is 4.99 Å². The molecule has 1 fully saturated rings. The molecule has 0 spiro atoms. The number of hydrogen-bond donors (Lipinski definition) is 3. The molecule has 1 aliphatic heterocycles. The zero-order valence-corrected chi connectivity index (χ0v) is 16.0. The van der Waals surface area contributed by atoms with Crippen molar-refractivity contribution in [1.82, 2.24) is 15.5 Å². The van der Waals surface area contributed by atoms with Crippen molar-refractivity contribution in [3.63, 3.8) is 0 Å². The third kappa shape index (κ3) is 6.01. The van der Waals surface area contributed by atoms with Crippen molar-refractivity contribution < 1.29 is 5.11 Å². The van der Waals surface area contributed by atoms with Crippen LogP contribution in [-0.4, -0.2) is 61.3 Å². The van der Waals surface area contributed by atoms with Gasteiger partial charge in [-0.25, -0.2) is 0 Å². The molecule has 3 N–H and O–H groups in total. The van der Waals surface area contributed by atoms with Crippen LogP contribution >= 0.6 is 0 Å². The zero-order chi connectivity index (χ0) is 18.1. The van der Waals surface area contributed by atoms with Crippen LogP contribution in [0, 0.1) is 0 Å². The molecule has 5 heteroatoms. The highest BCUT2D eigenvalue weighted by Gasteiger charge is 2.27. The Kier molecular flexibility index (Phi) is 7.72. The third-order valence-electron chi connectivity index (χ3n) is 5.13. The normalized spacial score (nSPS) is 18.0. The van der Waals surface area contributed by atoms with Gasteiger partial charge < -0.3 is 15.7 Å². The molecule has 1 aliphatic rings. The minimum absolute atomic E-state index is 0.0647. The Morgan fingerprint density at radius 1 is 1.16 bits per heavy atom. The van der Waals surface area contributed by atoms with Crippen LogP contribution in [0.1, 0.15) is 44.6 Å². The van der Waals surface area contributed by atoms with Crippen molar-refractivity contribution in [3.05, 3.63) is 35.9 Å². The highest BCUT2D eigenvalue weighted by Crippen LogP contribution is 2.19. The molecule has 25 heavy (non-hydrogen) atoms. The summed E-state index contributed by atoms with van der Waals surface area (Å²) in [4.78, 5) is 6.90. The van der Waals surface area contributed by atoms with Gasteiger partial charge in [0.15, 0.2) is 5.96 Å². The van der Waals surface area contributed by atoms with E-state index in [4.69, 9.17) is 0 Å². The highest BCUT2D eigenvalue weighted by molar-refractivity contribution is 5.79. The van der Waals surface area contributed by atoms with Crippen LogP contribution in [0.2, 0.25) is 0 Å². The van der Waals surface area contributed by atoms with Crippen LogP contribution in [0.3, 0.4) is 0 Å². The maximum atomic E-state index is 9.69. The summed E-state index contributed by atoms with van der Waals surface area (Å²) in [7, 11) is 1.79. The predicted molar refractivity (Wildman–Crippen MR) is 105 cm³/mol. The number of piperidine rings is 1. The van der Waals surface area contributed by atoms with Crippen molar-refractivity contribution in [1.29, 1.82) is 0 Å². The van der Waals surface area contributed by atoms with Crippen LogP contribution in [0.15, 0.2) is 35.3 Å². The lowest BCUT2D eigenvalue weighted by molar-refractivity contribution is 0.0982. The first kappa shape index (κ1) is 19.7. The molecule has 1 aromatic carbocycles. The maximum absolute atomic E-state index is 9.69. The van der Waals surface area contributed by atoms with Gasteiger partial charge >= 0.3 is 0 Å². The molecule has 1 heterocycles. The molecular formula is C20H34N4O. The second kappa shape index (κ2) is 9.78. The lowest BCUT2D eigenvalue weighted by Gasteiger charge is -2.41. The van der Waals surface area contributed by atoms with Crippen LogP contribution in [0.25, 0.3) is 0 Å². The summed E-state index contributed by atoms with van der Waals surface area (Å²) in [5, 5.41) is 16.5. The van der Waals surface area contributed by atoms with Crippen LogP contribution in [0.4, 0.5) is 0 Å². The van der Waals surface area contributed by atoms with Gasteiger partial charge in [0.2, 0.25) is 0 Å². The number of aliphatic hydroxyl groups is 1. The van der Waals surface area contributed by atoms with Gasteiger partial charge in [0.05, 0.1) is 6.61 Å². The largest absolute Gasteiger partial charge is 0.396 e. The third-order valence-corrected chi connectivity index (χ3v) is 5.13. The van der Waals surface area contributed by atoms with E-state index in [1.54, 1.807) is 7.05 Å². The Morgan fingerprint density at radius 2 is 1.84 bits per heavy atom. The average Bonchev–Trinajstić information content (AvgIpc) is 2.66. The number of likely N-dealkylation sites (tertiary alicyclic amines) is 1. The summed E-state index contributed by atoms with van der Waals surface area (Å²) < 4.78 is 0. The molecule has 0 bridgehead atoms. The molecule has 0 aliphatic carbocycles. The van der Waals surface area contributed by atoms with E-state index >= 15 is 0 Å². The summed E-state index contributed by atoms with van der Waals surface area (Å²) in [6.45, 7) is 8.57. The van der Waals surface area contributed by atoms with Crippen LogP contribution in [0.5, 0.6) is 0 Å². The van der Waals surface area contributed by atoms with Gasteiger partial charge in [0.1, 0.15) is 0 Å². The first-order valence-corrected chi connectivity index (χ1v) is 9.42. The molecule has 0 aromatic heterocycles. The first-order chi connectivity index (χ1) is 12.1. The Bertz CT molecular complexity index is 524. The van der Waals surface area contributed by atoms with Crippen LogP contribution in [-0.2, 0) is 0 Å². The van der Waals surface area contributed by atoms with E-state index in [0.29, 0.717) is 6.54 Å². The van der Waals surface area contributed by atoms with Gasteiger partial charge in [-0.3, -0.25) is 9.89 Å². The molecule has 1 aromatic rings. The number of aliphatic imine (C=N–C) groups is 1. The number of nitrogens with zero attached hydrogens (tertiary/aromatic N) is 2. The molecule has 1 unspecified atom stereocenters. The fourth-order valence-corrected chi connectivity index (χ4v) is 3.36. The molecule has 0 amide bonds. The van der Waals surface area contributed by atoms with E-state index in [0.717, 1.165) is 18.1 Å². The molecule has 1 saturated heterocycles. The van der Waals surface area contributed by atoms with E-state index in [2.05, 4.69) is 46.5 Å². The molecule has 0 radical (unpaired) electrons. The summed E-state index contributed by atoms with van der Waals surface area (Å²) in [6.07, 6.45) is 3.95. The number of rotatable bonds is 7. The van der Waals surface area contributed by atoms with Gasteiger partial charge in [0, 0.05) is 31.6 Å². The summed E-state index contributed by atoms with van der Waals surface area (Å²) in [5.74, 6) is 0.856. The van der Waals surface area contributed by atoms with E-state index in [1.807, 2.05) is 18.2 Å². The van der Waals surface area contributed by atoms with E-state index < -0.39 is 0 Å². The first-order valence-electron chi connectivity index (χ1n) is 9.42. The van der Waals surface area contributed by atoms with Crippen molar-refractivity contribution in [2.45, 2.75) is 44.6 Å². The Morgan fingerprint density at radius 3 is 2.44 bits per heavy atom. The topological polar surface area (TPSA) is 59.9 Å². The van der Waals surface area contributed by atoms with Gasteiger partial charge in [0.25, 0.3) is 0 Å². The molecule has 2 rings (SSSR count). The molecular weight excluding hydrogens is 312 g/mol. The van der Waals surface area contributed by atoms with E-state index in [1.165, 1.54) is 32.4 Å². The van der Waals surface area contributed by atoms with Crippen molar-refractivity contribution >= 4 is 5.96 Å². The second-order valence-corrected chi connectivity index (χ2v) is 7.46. The standard InChI is InChI=1S/C20H34N4O/c1-20(2,24-12-8-5-9-13-24)16-23-19(21-3)22-14-18(15-25)17-10-6-4-7-11-17/h4,6-7,10-11,18,25H,5,8-9,12-16H2,1-3H3,(H2,21,22,23). The fourth-order valence-electron chi connectivity index (χ4n) is 3.36. The van der Waals surface area contributed by atoms with Crippen molar-refractivity contribution in [2.75, 3.05) is 39.8 Å². The second-order valence-electron chi connectivity index (χ2n) is 7.46. The number of aliphatic hydroxyl groups excluding tert-OH is 1. The van der Waals surface area contributed by atoms with Gasteiger partial charge in [-0.2, -0.15) is 0 Å². The number of benzene rings is 1. The molecule has 0 saturated carbocycles. The lowest BCUT2D eigenvalue weighted by atomic mass is 9.98. The average molecular weight is 347 g/mol. The zero-order valence-electron chi connectivity index (χ0n) is 16.0. The summed E-state index contributed by atoms with van der Waals surface area (Å²) in [5.41, 5.74) is 1.25. The Balaban J connectivity index is 1.83. The number of hydrogen-bond acceptors (Lipinski definition) is 3. The fraction of sp³-hybridized carbons (Fsp3) is 0.650. The van der Waals surface area contributed by atoms with Gasteiger partial charge in [-0.1, -0.05) is 36.8 Å². The summed E-state index contributed by atoms with van der Waals surface area (Å²) >= 11 is 0. The van der Waals surface area contributed by atoms with Gasteiger partial charge in [-0.15, -0.1) is 0 Å². The van der Waals surface area contributed by atoms with E-state index in [9.17, 15) is 5.11 Å². The van der Waals surface area contributed by atoms with Crippen LogP contribution < -0.4 is 10.6 Å². The smallest absolute Gasteiger partial charge is 0.191 e. The summed E-state index contributed by atoms with van der Waals surface area (Å²) in [6, 6.07) is 10.1. The Labute approximate surface area is 152 Å². The van der Waals surface area contributed by atoms with E-state index in [-0.39, 0.29) is 18.1 Å². The van der Waals surface area contributed by atoms with Gasteiger partial charge in [-0.05, 0) is 45.3 Å². The quantitative estimate of drug-likeness (QED) is 0.523. The minimum Gasteiger partial charge on any atom is -0.396 e. The predicted octanol–water partition coefficient (Wildman–Crippen LogP) is 2.19. The minimum atomic E-state index is 0.0647. The number of nitrogens with one attached hydrogen (secondary N) is 2. The SMILES string of the molecule is CN=C(NCC(CO)c1ccccc1)NCC(C)(C)N1CCCCC1. The molecule has 5 nitrogen and oxygen atoms in total. The monoisotopic (exact) mass is 346 g/mol. The maximum Gasteiger partial charge on any atom is 0.191 e.